The third kappa shape index (κ3) is 5.25. The molecule has 0 aliphatic rings. The molecule has 20 heavy (non-hydrogen) atoms. The van der Waals surface area contributed by atoms with Gasteiger partial charge in [-0.1, -0.05) is 0 Å². The van der Waals surface area contributed by atoms with Gasteiger partial charge in [-0.15, -0.1) is 0 Å². The monoisotopic (exact) mass is 285 g/mol. The van der Waals surface area contributed by atoms with E-state index in [0.717, 1.165) is 0 Å². The smallest absolute Gasteiger partial charge is 0.414 e. The van der Waals surface area contributed by atoms with Gasteiger partial charge < -0.3 is 9.47 Å². The second kappa shape index (κ2) is 5.48. The summed E-state index contributed by atoms with van der Waals surface area (Å²) in [7, 11) is 0. The van der Waals surface area contributed by atoms with Crippen molar-refractivity contribution < 1.29 is 23.7 Å². The molecule has 8 heteroatoms. The molecular weight excluding hydrogens is 266 g/mol. The van der Waals surface area contributed by atoms with E-state index in [-0.39, 0.29) is 11.6 Å². The van der Waals surface area contributed by atoms with E-state index in [1.54, 1.807) is 41.5 Å². The van der Waals surface area contributed by atoms with E-state index in [1.807, 2.05) is 5.32 Å². The van der Waals surface area contributed by atoms with Gasteiger partial charge in [0.15, 0.2) is 0 Å². The number of nitrogens with one attached hydrogen (secondary N) is 1. The Kier molecular flexibility index (Phi) is 4.36. The van der Waals surface area contributed by atoms with Crippen molar-refractivity contribution in [3.63, 3.8) is 0 Å². The minimum atomic E-state index is -0.882. The minimum Gasteiger partial charge on any atom is -0.468 e. The molecule has 0 aliphatic heterocycles. The summed E-state index contributed by atoms with van der Waals surface area (Å²) in [6.45, 7) is 10.4. The average molecular weight is 285 g/mol. The highest BCUT2D eigenvalue weighted by molar-refractivity contribution is 6.02. The van der Waals surface area contributed by atoms with Gasteiger partial charge in [0.1, 0.15) is 11.2 Å². The normalized spacial score (nSPS) is 11.9. The first-order valence-electron chi connectivity index (χ1n) is 6.04. The Balaban J connectivity index is 2.74. The first kappa shape index (κ1) is 15.9. The van der Waals surface area contributed by atoms with Crippen LogP contribution in [0, 0.1) is 0 Å². The maximum atomic E-state index is 11.9. The second-order valence-electron chi connectivity index (χ2n) is 6.09. The van der Waals surface area contributed by atoms with Crippen molar-refractivity contribution in [1.82, 2.24) is 15.6 Å². The zero-order chi connectivity index (χ0) is 15.6. The number of rotatable bonds is 2. The topological polar surface area (TPSA) is 104 Å². The van der Waals surface area contributed by atoms with Crippen LogP contribution in [-0.4, -0.2) is 33.5 Å². The number of hydrogen-bond acceptors (Lipinski definition) is 7. The van der Waals surface area contributed by atoms with Crippen LogP contribution in [0.25, 0.3) is 0 Å². The van der Waals surface area contributed by atoms with Gasteiger partial charge in [-0.05, 0) is 51.9 Å². The van der Waals surface area contributed by atoms with Gasteiger partial charge in [-0.2, -0.15) is 0 Å². The minimum absolute atomic E-state index is 0.0847. The molecule has 1 rings (SSSR count). The fourth-order valence-corrected chi connectivity index (χ4v) is 1.13. The molecule has 112 valence electrons. The molecule has 0 atom stereocenters. The van der Waals surface area contributed by atoms with E-state index in [9.17, 15) is 9.59 Å². The molecule has 1 N–H and O–H groups in total. The molecule has 0 fully saturated rings. The molecule has 1 aromatic rings. The molecule has 0 saturated carbocycles. The van der Waals surface area contributed by atoms with Gasteiger partial charge in [0.2, 0.25) is 5.69 Å². The Hall–Kier alpha value is -2.12. The van der Waals surface area contributed by atoms with Crippen molar-refractivity contribution in [2.24, 2.45) is 0 Å². The lowest BCUT2D eigenvalue weighted by Gasteiger charge is -2.20. The summed E-state index contributed by atoms with van der Waals surface area (Å²) < 4.78 is 14.8. The van der Waals surface area contributed by atoms with Crippen LogP contribution in [0.5, 0.6) is 5.88 Å². The Morgan fingerprint density at radius 2 is 1.65 bits per heavy atom. The fraction of sp³-hybridized carbons (Fsp3) is 0.667. The number of alkyl carbamates (subject to hydrolysis) is 1. The Morgan fingerprint density at radius 3 is 2.15 bits per heavy atom. The molecular formula is C12H19N3O5. The summed E-state index contributed by atoms with van der Waals surface area (Å²) in [5, 5.41) is 8.92. The average Bonchev–Trinajstić information content (AvgIpc) is 2.59. The van der Waals surface area contributed by atoms with Crippen LogP contribution >= 0.6 is 0 Å². The zero-order valence-electron chi connectivity index (χ0n) is 12.4. The Labute approximate surface area is 116 Å². The molecule has 1 aromatic heterocycles. The van der Waals surface area contributed by atoms with Crippen molar-refractivity contribution in [3.05, 3.63) is 5.69 Å². The quantitative estimate of drug-likeness (QED) is 0.885. The number of carbonyl (C=O) groups is 2. The summed E-state index contributed by atoms with van der Waals surface area (Å²) in [6, 6.07) is 0. The van der Waals surface area contributed by atoms with Crippen LogP contribution in [0.3, 0.4) is 0 Å². The van der Waals surface area contributed by atoms with Crippen LogP contribution in [0.15, 0.2) is 4.63 Å². The third-order valence-electron chi connectivity index (χ3n) is 1.69. The summed E-state index contributed by atoms with van der Waals surface area (Å²) in [6.07, 6.45) is -0.882. The molecule has 0 aliphatic carbocycles. The predicted molar refractivity (Wildman–Crippen MR) is 68.4 cm³/mol. The van der Waals surface area contributed by atoms with Gasteiger partial charge in [0.05, 0.1) is 0 Å². The number of imide groups is 1. The first-order chi connectivity index (χ1) is 8.98. The molecule has 2 amide bonds. The largest absolute Gasteiger partial charge is 0.468 e. The second-order valence-corrected chi connectivity index (χ2v) is 6.09. The van der Waals surface area contributed by atoms with Gasteiger partial charge in [-0.3, -0.25) is 10.1 Å². The van der Waals surface area contributed by atoms with Crippen LogP contribution in [0.2, 0.25) is 0 Å². The lowest BCUT2D eigenvalue weighted by atomic mass is 10.2. The number of aromatic nitrogens is 2. The maximum absolute atomic E-state index is 11.9. The van der Waals surface area contributed by atoms with Gasteiger partial charge in [0, 0.05) is 0 Å². The lowest BCUT2D eigenvalue weighted by Crippen LogP contribution is -2.37. The van der Waals surface area contributed by atoms with Crippen molar-refractivity contribution in [1.29, 1.82) is 0 Å². The van der Waals surface area contributed by atoms with Crippen molar-refractivity contribution in [2.75, 3.05) is 0 Å². The zero-order valence-corrected chi connectivity index (χ0v) is 12.4. The molecule has 0 unspecified atom stereocenters. The summed E-state index contributed by atoms with van der Waals surface area (Å²) >= 11 is 0. The first-order valence-corrected chi connectivity index (χ1v) is 6.04. The highest BCUT2D eigenvalue weighted by Gasteiger charge is 2.27. The lowest BCUT2D eigenvalue weighted by molar-refractivity contribution is 0.0506. The van der Waals surface area contributed by atoms with Crippen LogP contribution in [0.1, 0.15) is 52.0 Å². The van der Waals surface area contributed by atoms with Crippen molar-refractivity contribution in [2.45, 2.75) is 52.7 Å². The van der Waals surface area contributed by atoms with Crippen LogP contribution in [0.4, 0.5) is 4.79 Å². The molecule has 0 bridgehead atoms. The van der Waals surface area contributed by atoms with Crippen molar-refractivity contribution in [3.8, 4) is 5.88 Å². The molecule has 0 spiro atoms. The standard InChI is InChI=1S/C12H19N3O5/c1-11(2,3)18-9-7(14-20-15-9)8(16)13-10(17)19-12(4,5)6/h1-6H3,(H,13,16,17). The van der Waals surface area contributed by atoms with E-state index >= 15 is 0 Å². The highest BCUT2D eigenvalue weighted by Crippen LogP contribution is 2.19. The van der Waals surface area contributed by atoms with Crippen LogP contribution in [-0.2, 0) is 4.74 Å². The predicted octanol–water partition coefficient (Wildman–Crippen LogP) is 1.91. The maximum Gasteiger partial charge on any atom is 0.414 e. The number of hydrogen-bond donors (Lipinski definition) is 1. The van der Waals surface area contributed by atoms with E-state index < -0.39 is 23.2 Å². The molecule has 8 nitrogen and oxygen atoms in total. The molecule has 0 aromatic carbocycles. The summed E-state index contributed by atoms with van der Waals surface area (Å²) in [5.41, 5.74) is -1.51. The third-order valence-corrected chi connectivity index (χ3v) is 1.69. The Bertz CT molecular complexity index is 496. The Morgan fingerprint density at radius 1 is 1.05 bits per heavy atom. The number of amides is 2. The SMILES string of the molecule is CC(C)(C)OC(=O)NC(=O)c1nonc1OC(C)(C)C. The van der Waals surface area contributed by atoms with E-state index in [2.05, 4.69) is 14.9 Å². The fourth-order valence-electron chi connectivity index (χ4n) is 1.13. The molecule has 0 radical (unpaired) electrons. The van der Waals surface area contributed by atoms with Gasteiger partial charge in [-0.25, -0.2) is 9.42 Å². The van der Waals surface area contributed by atoms with E-state index in [1.165, 1.54) is 0 Å². The van der Waals surface area contributed by atoms with E-state index in [4.69, 9.17) is 9.47 Å². The van der Waals surface area contributed by atoms with Crippen molar-refractivity contribution >= 4 is 12.0 Å². The molecule has 1 heterocycles. The van der Waals surface area contributed by atoms with Gasteiger partial charge in [0.25, 0.3) is 11.8 Å². The number of carbonyl (C=O) groups excluding carboxylic acids is 2. The highest BCUT2D eigenvalue weighted by atomic mass is 16.6. The van der Waals surface area contributed by atoms with Crippen LogP contribution < -0.4 is 10.1 Å². The van der Waals surface area contributed by atoms with Gasteiger partial charge >= 0.3 is 6.09 Å². The summed E-state index contributed by atoms with van der Waals surface area (Å²) in [4.78, 5) is 23.3. The van der Waals surface area contributed by atoms with E-state index in [0.29, 0.717) is 0 Å². The molecule has 0 saturated heterocycles. The number of nitrogens with zero attached hydrogens (tertiary/aromatic N) is 2. The summed E-state index contributed by atoms with van der Waals surface area (Å²) in [5.74, 6) is -0.890. The number of ether oxygens (including phenoxy) is 2.